The Hall–Kier alpha value is -2.60. The maximum absolute atomic E-state index is 15.7. The number of piperidine rings is 1. The van der Waals surface area contributed by atoms with Crippen molar-refractivity contribution in [2.24, 2.45) is 5.73 Å². The van der Waals surface area contributed by atoms with Gasteiger partial charge in [0.2, 0.25) is 0 Å². The van der Waals surface area contributed by atoms with Crippen molar-refractivity contribution in [3.8, 4) is 11.1 Å². The first-order valence-electron chi connectivity index (χ1n) is 9.33. The first-order valence-corrected chi connectivity index (χ1v) is 9.33. The second-order valence-corrected chi connectivity index (χ2v) is 7.24. The van der Waals surface area contributed by atoms with Crippen LogP contribution < -0.4 is 21.7 Å². The van der Waals surface area contributed by atoms with E-state index < -0.39 is 11.6 Å². The van der Waals surface area contributed by atoms with Gasteiger partial charge in [0.15, 0.2) is 5.82 Å². The molecular weight excluding hydrogens is 346 g/mol. The molecule has 0 radical (unpaired) electrons. The summed E-state index contributed by atoms with van der Waals surface area (Å²) in [7, 11) is 0. The Morgan fingerprint density at radius 2 is 1.96 bits per heavy atom. The number of benzene rings is 2. The van der Waals surface area contributed by atoms with Crippen LogP contribution >= 0.6 is 0 Å². The maximum atomic E-state index is 15.7. The third kappa shape index (κ3) is 3.37. The molecule has 0 aromatic heterocycles. The molecule has 0 bridgehead atoms. The zero-order valence-corrected chi connectivity index (χ0v) is 15.3. The van der Waals surface area contributed by atoms with Gasteiger partial charge in [-0.3, -0.25) is 0 Å². The number of fused-ring (bicyclic) bond motifs is 1. The average molecular weight is 370 g/mol. The Labute approximate surface area is 157 Å². The third-order valence-electron chi connectivity index (χ3n) is 5.35. The lowest BCUT2D eigenvalue weighted by atomic mass is 9.91. The van der Waals surface area contributed by atoms with Crippen LogP contribution in [-0.4, -0.2) is 19.1 Å². The number of halogens is 2. The fourth-order valence-electron chi connectivity index (χ4n) is 3.91. The van der Waals surface area contributed by atoms with Crippen molar-refractivity contribution in [2.45, 2.75) is 32.4 Å². The molecule has 2 aliphatic heterocycles. The highest BCUT2D eigenvalue weighted by molar-refractivity contribution is 5.81. The number of anilines is 1. The minimum Gasteiger partial charge on any atom is -0.386 e. The molecule has 0 aliphatic carbocycles. The number of nitrogens with one attached hydrogen (secondary N) is 3. The largest absolute Gasteiger partial charge is 0.386 e. The van der Waals surface area contributed by atoms with Crippen molar-refractivity contribution in [1.29, 1.82) is 0 Å². The van der Waals surface area contributed by atoms with Crippen molar-refractivity contribution in [2.75, 3.05) is 18.4 Å². The van der Waals surface area contributed by atoms with Gasteiger partial charge in [0, 0.05) is 29.3 Å². The van der Waals surface area contributed by atoms with Crippen LogP contribution in [0, 0.1) is 18.6 Å². The zero-order valence-electron chi connectivity index (χ0n) is 15.3. The molecule has 2 heterocycles. The number of nitrogens with two attached hydrogens (primary N) is 1. The highest BCUT2D eigenvalue weighted by atomic mass is 19.1. The Morgan fingerprint density at radius 3 is 2.70 bits per heavy atom. The molecule has 27 heavy (non-hydrogen) atoms. The van der Waals surface area contributed by atoms with E-state index in [1.807, 2.05) is 0 Å². The highest BCUT2D eigenvalue weighted by Crippen LogP contribution is 2.38. The molecule has 0 saturated carbocycles. The molecule has 2 aromatic rings. The summed E-state index contributed by atoms with van der Waals surface area (Å²) in [6.07, 6.45) is 3.58. The van der Waals surface area contributed by atoms with Crippen LogP contribution in [0.3, 0.4) is 0 Å². The lowest BCUT2D eigenvalue weighted by Gasteiger charge is -2.28. The maximum Gasteiger partial charge on any atom is 0.154 e. The Morgan fingerprint density at radius 1 is 1.19 bits per heavy atom. The van der Waals surface area contributed by atoms with Gasteiger partial charge in [-0.1, -0.05) is 12.1 Å². The normalized spacial score (nSPS) is 17.1. The van der Waals surface area contributed by atoms with Gasteiger partial charge in [0.05, 0.1) is 11.5 Å². The van der Waals surface area contributed by atoms with E-state index in [0.29, 0.717) is 29.2 Å². The molecular formula is C21H24F2N4. The molecule has 1 fully saturated rings. The predicted octanol–water partition coefficient (Wildman–Crippen LogP) is 3.46. The lowest BCUT2D eigenvalue weighted by molar-refractivity contribution is 0.476. The van der Waals surface area contributed by atoms with E-state index in [1.165, 1.54) is 6.07 Å². The summed E-state index contributed by atoms with van der Waals surface area (Å²) in [4.78, 5) is 0. The van der Waals surface area contributed by atoms with Crippen LogP contribution in [0.5, 0.6) is 0 Å². The van der Waals surface area contributed by atoms with E-state index in [9.17, 15) is 4.39 Å². The molecule has 4 rings (SSSR count). The summed E-state index contributed by atoms with van der Waals surface area (Å²) >= 11 is 0. The minimum absolute atomic E-state index is 0.173. The fraction of sp³-hybridized carbons (Fsp3) is 0.333. The zero-order chi connectivity index (χ0) is 19.0. The molecule has 0 spiro atoms. The molecule has 1 saturated heterocycles. The summed E-state index contributed by atoms with van der Waals surface area (Å²) < 4.78 is 30.2. The number of hydrogen-bond acceptors (Lipinski definition) is 4. The second kappa shape index (κ2) is 7.19. The van der Waals surface area contributed by atoms with Gasteiger partial charge in [-0.15, -0.1) is 0 Å². The first kappa shape index (κ1) is 17.8. The predicted molar refractivity (Wildman–Crippen MR) is 105 cm³/mol. The minimum atomic E-state index is -0.425. The molecule has 0 amide bonds. The number of hydrogen-bond donors (Lipinski definition) is 4. The standard InChI is InChI=1S/C21H24F2N4/c1-12-3-2-4-17(22)19(12)16-9-13-11-26-18(24)10-15(13)21(20(16)23)27-14-5-7-25-8-6-14/h2-4,9-10,14,25-27H,5-8,11,24H2,1H3. The van der Waals surface area contributed by atoms with Crippen LogP contribution in [0.2, 0.25) is 0 Å². The summed E-state index contributed by atoms with van der Waals surface area (Å²) in [6.45, 7) is 4.08. The average Bonchev–Trinajstić information content (AvgIpc) is 2.66. The summed E-state index contributed by atoms with van der Waals surface area (Å²) in [5.41, 5.74) is 9.31. The van der Waals surface area contributed by atoms with Gasteiger partial charge in [0.25, 0.3) is 0 Å². The molecule has 2 aromatic carbocycles. The van der Waals surface area contributed by atoms with Gasteiger partial charge < -0.3 is 21.7 Å². The van der Waals surface area contributed by atoms with Crippen molar-refractivity contribution < 1.29 is 8.78 Å². The lowest BCUT2D eigenvalue weighted by Crippen LogP contribution is -2.36. The van der Waals surface area contributed by atoms with Crippen molar-refractivity contribution in [1.82, 2.24) is 10.6 Å². The van der Waals surface area contributed by atoms with Crippen molar-refractivity contribution in [3.63, 3.8) is 0 Å². The van der Waals surface area contributed by atoms with Gasteiger partial charge in [-0.25, -0.2) is 8.78 Å². The van der Waals surface area contributed by atoms with Crippen LogP contribution in [0.15, 0.2) is 30.1 Å². The number of aryl methyl sites for hydroxylation is 1. The van der Waals surface area contributed by atoms with Gasteiger partial charge in [0.1, 0.15) is 5.82 Å². The van der Waals surface area contributed by atoms with Crippen LogP contribution in [0.1, 0.15) is 29.5 Å². The van der Waals surface area contributed by atoms with E-state index in [1.54, 1.807) is 31.2 Å². The SMILES string of the molecule is Cc1cccc(F)c1-c1cc2c(c(NC3CCNCC3)c1F)C=C(N)NC2. The topological polar surface area (TPSA) is 62.1 Å². The Balaban J connectivity index is 1.88. The Bertz CT molecular complexity index is 881. The summed E-state index contributed by atoms with van der Waals surface area (Å²) in [5.74, 6) is -0.336. The fourth-order valence-corrected chi connectivity index (χ4v) is 3.91. The molecule has 6 heteroatoms. The van der Waals surface area contributed by atoms with E-state index >= 15 is 4.39 Å². The number of rotatable bonds is 3. The first-order chi connectivity index (χ1) is 13.0. The van der Waals surface area contributed by atoms with E-state index in [2.05, 4.69) is 16.0 Å². The molecule has 0 atom stereocenters. The van der Waals surface area contributed by atoms with Gasteiger partial charge >= 0.3 is 0 Å². The smallest absolute Gasteiger partial charge is 0.154 e. The van der Waals surface area contributed by atoms with Crippen LogP contribution in [0.4, 0.5) is 14.5 Å². The van der Waals surface area contributed by atoms with Crippen molar-refractivity contribution >= 4 is 11.8 Å². The molecule has 0 unspecified atom stereocenters. The van der Waals surface area contributed by atoms with Crippen molar-refractivity contribution in [3.05, 3.63) is 58.4 Å². The second-order valence-electron chi connectivity index (χ2n) is 7.24. The highest BCUT2D eigenvalue weighted by Gasteiger charge is 2.25. The summed E-state index contributed by atoms with van der Waals surface area (Å²) in [6, 6.07) is 6.72. The van der Waals surface area contributed by atoms with Gasteiger partial charge in [-0.05, 0) is 62.2 Å². The van der Waals surface area contributed by atoms with E-state index in [4.69, 9.17) is 5.73 Å². The van der Waals surface area contributed by atoms with Crippen LogP contribution in [-0.2, 0) is 6.54 Å². The third-order valence-corrected chi connectivity index (χ3v) is 5.35. The van der Waals surface area contributed by atoms with E-state index in [-0.39, 0.29) is 11.6 Å². The quantitative estimate of drug-likeness (QED) is 0.668. The van der Waals surface area contributed by atoms with Crippen LogP contribution in [0.25, 0.3) is 17.2 Å². The monoisotopic (exact) mass is 370 g/mol. The molecule has 2 aliphatic rings. The van der Waals surface area contributed by atoms with E-state index in [0.717, 1.165) is 37.1 Å². The summed E-state index contributed by atoms with van der Waals surface area (Å²) in [5, 5.41) is 9.77. The molecule has 4 nitrogen and oxygen atoms in total. The molecule has 142 valence electrons. The van der Waals surface area contributed by atoms with Gasteiger partial charge in [-0.2, -0.15) is 0 Å². The molecule has 5 N–H and O–H groups in total. The Kier molecular flexibility index (Phi) is 4.74.